The number of hydrogen-bond donors (Lipinski definition) is 1. The van der Waals surface area contributed by atoms with Crippen molar-refractivity contribution < 1.29 is 0 Å². The van der Waals surface area contributed by atoms with Crippen molar-refractivity contribution in [3.8, 4) is 0 Å². The van der Waals surface area contributed by atoms with Gasteiger partial charge in [0.15, 0.2) is 0 Å². The molecule has 1 unspecified atom stereocenters. The van der Waals surface area contributed by atoms with Gasteiger partial charge in [0, 0.05) is 9.61 Å². The third-order valence-electron chi connectivity index (χ3n) is 3.25. The smallest absolute Gasteiger partial charge is 0.0542 e. The molecule has 3 heteroatoms. The molecule has 1 aliphatic rings. The van der Waals surface area contributed by atoms with Gasteiger partial charge in [0.05, 0.1) is 5.02 Å². The monoisotopic (exact) mass is 363 g/mol. The molecule has 1 N–H and O–H groups in total. The molecule has 0 aliphatic heterocycles. The van der Waals surface area contributed by atoms with E-state index in [1.807, 2.05) is 0 Å². The van der Waals surface area contributed by atoms with Crippen molar-refractivity contribution in [2.75, 3.05) is 6.54 Å². The lowest BCUT2D eigenvalue weighted by Crippen LogP contribution is -2.22. The van der Waals surface area contributed by atoms with E-state index in [1.54, 1.807) is 0 Å². The molecule has 0 bridgehead atoms. The molecule has 1 aromatic rings. The SMILES string of the molecule is CCCNC(CC1CC1)c1ccc(I)c(Cl)c1. The van der Waals surface area contributed by atoms with Crippen molar-refractivity contribution in [2.24, 2.45) is 5.92 Å². The van der Waals surface area contributed by atoms with E-state index in [1.165, 1.54) is 31.2 Å². The zero-order valence-corrected chi connectivity index (χ0v) is 13.1. The summed E-state index contributed by atoms with van der Waals surface area (Å²) in [5.41, 5.74) is 1.34. The highest BCUT2D eigenvalue weighted by Gasteiger charge is 2.26. The first kappa shape index (κ1) is 13.6. The van der Waals surface area contributed by atoms with Crippen LogP contribution in [0, 0.1) is 9.49 Å². The lowest BCUT2D eigenvalue weighted by atomic mass is 10.0. The number of halogens is 2. The Kier molecular flexibility index (Phi) is 5.12. The molecule has 1 fully saturated rings. The average Bonchev–Trinajstić information content (AvgIpc) is 3.12. The summed E-state index contributed by atoms with van der Waals surface area (Å²) in [6.45, 7) is 3.29. The molecule has 0 spiro atoms. The fourth-order valence-corrected chi connectivity index (χ4v) is 2.60. The van der Waals surface area contributed by atoms with Crippen LogP contribution in [0.4, 0.5) is 0 Å². The molecule has 1 saturated carbocycles. The first-order chi connectivity index (χ1) is 8.20. The molecule has 1 aromatic carbocycles. The van der Waals surface area contributed by atoms with Crippen LogP contribution in [0.1, 0.15) is 44.2 Å². The van der Waals surface area contributed by atoms with Crippen molar-refractivity contribution in [1.29, 1.82) is 0 Å². The summed E-state index contributed by atoms with van der Waals surface area (Å²) in [4.78, 5) is 0. The molecule has 2 rings (SSSR count). The van der Waals surface area contributed by atoms with Gasteiger partial charge in [0.1, 0.15) is 0 Å². The van der Waals surface area contributed by atoms with Crippen LogP contribution in [0.5, 0.6) is 0 Å². The summed E-state index contributed by atoms with van der Waals surface area (Å²) in [6, 6.07) is 6.94. The third kappa shape index (κ3) is 4.11. The fourth-order valence-electron chi connectivity index (χ4n) is 2.07. The second-order valence-corrected chi connectivity index (χ2v) is 6.43. The number of nitrogens with one attached hydrogen (secondary N) is 1. The zero-order valence-electron chi connectivity index (χ0n) is 10.2. The van der Waals surface area contributed by atoms with E-state index in [-0.39, 0.29) is 0 Å². The summed E-state index contributed by atoms with van der Waals surface area (Å²) in [5, 5.41) is 4.52. The van der Waals surface area contributed by atoms with Crippen LogP contribution in [0.3, 0.4) is 0 Å². The summed E-state index contributed by atoms with van der Waals surface area (Å²) in [6.07, 6.45) is 5.25. The lowest BCUT2D eigenvalue weighted by Gasteiger charge is -2.19. The van der Waals surface area contributed by atoms with E-state index in [9.17, 15) is 0 Å². The molecule has 1 aliphatic carbocycles. The van der Waals surface area contributed by atoms with E-state index in [0.717, 1.165) is 21.1 Å². The predicted octanol–water partition coefficient (Wildman–Crippen LogP) is 4.79. The first-order valence-electron chi connectivity index (χ1n) is 6.39. The molecular weight excluding hydrogens is 345 g/mol. The maximum absolute atomic E-state index is 6.21. The summed E-state index contributed by atoms with van der Waals surface area (Å²) in [5.74, 6) is 0.933. The number of benzene rings is 1. The molecule has 0 amide bonds. The zero-order chi connectivity index (χ0) is 12.3. The normalized spacial score (nSPS) is 17.1. The quantitative estimate of drug-likeness (QED) is 0.717. The second kappa shape index (κ2) is 6.39. The highest BCUT2D eigenvalue weighted by Crippen LogP contribution is 2.38. The van der Waals surface area contributed by atoms with Crippen LogP contribution in [-0.4, -0.2) is 6.54 Å². The van der Waals surface area contributed by atoms with E-state index in [0.29, 0.717) is 6.04 Å². The molecule has 1 atom stereocenters. The molecule has 17 heavy (non-hydrogen) atoms. The van der Waals surface area contributed by atoms with Crippen LogP contribution in [0.2, 0.25) is 5.02 Å². The minimum absolute atomic E-state index is 0.483. The Labute approximate surface area is 122 Å². The molecule has 0 saturated heterocycles. The van der Waals surface area contributed by atoms with E-state index < -0.39 is 0 Å². The van der Waals surface area contributed by atoms with Crippen LogP contribution >= 0.6 is 34.2 Å². The first-order valence-corrected chi connectivity index (χ1v) is 7.84. The van der Waals surface area contributed by atoms with Crippen molar-refractivity contribution in [1.82, 2.24) is 5.32 Å². The summed E-state index contributed by atoms with van der Waals surface area (Å²) in [7, 11) is 0. The van der Waals surface area contributed by atoms with E-state index in [4.69, 9.17) is 11.6 Å². The van der Waals surface area contributed by atoms with Gasteiger partial charge in [-0.1, -0.05) is 37.4 Å². The Balaban J connectivity index is 2.08. The maximum atomic E-state index is 6.21. The predicted molar refractivity (Wildman–Crippen MR) is 82.5 cm³/mol. The Morgan fingerprint density at radius 3 is 2.82 bits per heavy atom. The van der Waals surface area contributed by atoms with Gasteiger partial charge >= 0.3 is 0 Å². The van der Waals surface area contributed by atoms with Crippen LogP contribution < -0.4 is 5.32 Å². The van der Waals surface area contributed by atoms with Gasteiger partial charge in [-0.3, -0.25) is 0 Å². The Morgan fingerprint density at radius 1 is 1.47 bits per heavy atom. The summed E-state index contributed by atoms with van der Waals surface area (Å²) >= 11 is 8.49. The lowest BCUT2D eigenvalue weighted by molar-refractivity contribution is 0.474. The van der Waals surface area contributed by atoms with Crippen molar-refractivity contribution >= 4 is 34.2 Å². The number of rotatable bonds is 6. The van der Waals surface area contributed by atoms with Gasteiger partial charge in [0.2, 0.25) is 0 Å². The molecule has 94 valence electrons. The number of hydrogen-bond acceptors (Lipinski definition) is 1. The Morgan fingerprint density at radius 2 is 2.24 bits per heavy atom. The van der Waals surface area contributed by atoms with Crippen molar-refractivity contribution in [2.45, 2.75) is 38.6 Å². The van der Waals surface area contributed by atoms with Crippen molar-refractivity contribution in [3.05, 3.63) is 32.4 Å². The Bertz CT molecular complexity index is 376. The minimum Gasteiger partial charge on any atom is -0.310 e. The van der Waals surface area contributed by atoms with Gasteiger partial charge in [-0.25, -0.2) is 0 Å². The highest BCUT2D eigenvalue weighted by molar-refractivity contribution is 14.1. The van der Waals surface area contributed by atoms with Gasteiger partial charge in [-0.15, -0.1) is 0 Å². The molecule has 0 heterocycles. The third-order valence-corrected chi connectivity index (χ3v) is 4.82. The van der Waals surface area contributed by atoms with Gasteiger partial charge in [0.25, 0.3) is 0 Å². The minimum atomic E-state index is 0.483. The molecular formula is C14H19ClIN. The Hall–Kier alpha value is 0.200. The van der Waals surface area contributed by atoms with E-state index in [2.05, 4.69) is 53.0 Å². The highest BCUT2D eigenvalue weighted by atomic mass is 127. The average molecular weight is 364 g/mol. The molecule has 0 aromatic heterocycles. The van der Waals surface area contributed by atoms with Gasteiger partial charge in [-0.2, -0.15) is 0 Å². The van der Waals surface area contributed by atoms with E-state index >= 15 is 0 Å². The van der Waals surface area contributed by atoms with Crippen molar-refractivity contribution in [3.63, 3.8) is 0 Å². The molecule has 0 radical (unpaired) electrons. The largest absolute Gasteiger partial charge is 0.310 e. The second-order valence-electron chi connectivity index (χ2n) is 4.86. The summed E-state index contributed by atoms with van der Waals surface area (Å²) < 4.78 is 1.13. The fraction of sp³-hybridized carbons (Fsp3) is 0.571. The standard InChI is InChI=1S/C14H19ClIN/c1-2-7-17-14(8-10-3-4-10)11-5-6-13(16)12(15)9-11/h5-6,9-10,14,17H,2-4,7-8H2,1H3. The maximum Gasteiger partial charge on any atom is 0.0542 e. The van der Waals surface area contributed by atoms with Gasteiger partial charge in [-0.05, 0) is 65.6 Å². The van der Waals surface area contributed by atoms with Crippen LogP contribution in [0.15, 0.2) is 18.2 Å². The van der Waals surface area contributed by atoms with Crippen LogP contribution in [-0.2, 0) is 0 Å². The molecule has 1 nitrogen and oxygen atoms in total. The van der Waals surface area contributed by atoms with Crippen LogP contribution in [0.25, 0.3) is 0 Å². The topological polar surface area (TPSA) is 12.0 Å². The van der Waals surface area contributed by atoms with Gasteiger partial charge < -0.3 is 5.32 Å².